The number of nitrogens with zero attached hydrogens (tertiary/aromatic N) is 2. The van der Waals surface area contributed by atoms with Crippen molar-refractivity contribution in [2.24, 2.45) is 0 Å². The van der Waals surface area contributed by atoms with Crippen molar-refractivity contribution >= 4 is 29.0 Å². The number of nitro groups is 1. The quantitative estimate of drug-likeness (QED) is 0.595. The number of amides is 1. The van der Waals surface area contributed by atoms with E-state index in [1.54, 1.807) is 6.07 Å². The second-order valence-electron chi connectivity index (χ2n) is 5.33. The molecule has 3 rings (SSSR count). The molecule has 9 heteroatoms. The molecule has 0 saturated carbocycles. The molecule has 1 aliphatic rings. The van der Waals surface area contributed by atoms with E-state index in [4.69, 9.17) is 0 Å². The minimum Gasteiger partial charge on any atom is -0.295 e. The summed E-state index contributed by atoms with van der Waals surface area (Å²) in [5.41, 5.74) is -0.391. The fourth-order valence-electron chi connectivity index (χ4n) is 2.57. The van der Waals surface area contributed by atoms with Crippen LogP contribution in [0.5, 0.6) is 0 Å². The second-order valence-corrected chi connectivity index (χ2v) is 6.40. The number of rotatable bonds is 3. The SMILES string of the molecule is O=C1CSC(c2cccc([N+](=O)[O-])c2)N1c1cccc(C(F)(F)F)c1. The van der Waals surface area contributed by atoms with Crippen LogP contribution >= 0.6 is 11.8 Å². The number of carbonyl (C=O) groups is 1. The van der Waals surface area contributed by atoms with E-state index in [-0.39, 0.29) is 23.0 Å². The van der Waals surface area contributed by atoms with E-state index in [1.165, 1.54) is 47.0 Å². The van der Waals surface area contributed by atoms with Crippen molar-refractivity contribution in [3.63, 3.8) is 0 Å². The molecule has 0 aromatic heterocycles. The highest BCUT2D eigenvalue weighted by Crippen LogP contribution is 2.43. The monoisotopic (exact) mass is 368 g/mol. The zero-order valence-electron chi connectivity index (χ0n) is 12.6. The van der Waals surface area contributed by atoms with Gasteiger partial charge in [0.2, 0.25) is 5.91 Å². The first-order chi connectivity index (χ1) is 11.8. The van der Waals surface area contributed by atoms with Crippen LogP contribution in [0.1, 0.15) is 16.5 Å². The van der Waals surface area contributed by atoms with E-state index in [1.807, 2.05) is 0 Å². The van der Waals surface area contributed by atoms with Crippen molar-refractivity contribution in [3.05, 3.63) is 69.8 Å². The van der Waals surface area contributed by atoms with Crippen molar-refractivity contribution in [2.45, 2.75) is 11.6 Å². The van der Waals surface area contributed by atoms with Gasteiger partial charge < -0.3 is 0 Å². The van der Waals surface area contributed by atoms with Crippen LogP contribution in [-0.2, 0) is 11.0 Å². The van der Waals surface area contributed by atoms with Crippen LogP contribution in [0, 0.1) is 10.1 Å². The van der Waals surface area contributed by atoms with Gasteiger partial charge in [-0.05, 0) is 23.8 Å². The molecular weight excluding hydrogens is 357 g/mol. The maximum Gasteiger partial charge on any atom is 0.416 e. The molecule has 2 aromatic rings. The summed E-state index contributed by atoms with van der Waals surface area (Å²) in [4.78, 5) is 23.9. The normalized spacial score (nSPS) is 17.8. The largest absolute Gasteiger partial charge is 0.416 e. The van der Waals surface area contributed by atoms with E-state index >= 15 is 0 Å². The average Bonchev–Trinajstić information content (AvgIpc) is 2.96. The average molecular weight is 368 g/mol. The van der Waals surface area contributed by atoms with E-state index < -0.39 is 22.0 Å². The molecule has 0 radical (unpaired) electrons. The molecule has 1 atom stereocenters. The number of hydrogen-bond acceptors (Lipinski definition) is 4. The predicted octanol–water partition coefficient (Wildman–Crippen LogP) is 4.39. The molecule has 0 aliphatic carbocycles. The van der Waals surface area contributed by atoms with Crippen LogP contribution in [-0.4, -0.2) is 16.6 Å². The molecule has 1 amide bonds. The van der Waals surface area contributed by atoms with Crippen LogP contribution in [0.15, 0.2) is 48.5 Å². The lowest BCUT2D eigenvalue weighted by Crippen LogP contribution is -2.28. The smallest absolute Gasteiger partial charge is 0.295 e. The highest BCUT2D eigenvalue weighted by Gasteiger charge is 2.36. The number of alkyl halides is 3. The molecular formula is C16H11F3N2O3S. The summed E-state index contributed by atoms with van der Waals surface area (Å²) in [6, 6.07) is 10.2. The Balaban J connectivity index is 2.01. The van der Waals surface area contributed by atoms with Crippen LogP contribution in [0.3, 0.4) is 0 Å². The molecule has 1 heterocycles. The van der Waals surface area contributed by atoms with Gasteiger partial charge in [0.1, 0.15) is 5.37 Å². The molecule has 0 bridgehead atoms. The maximum absolute atomic E-state index is 12.9. The van der Waals surface area contributed by atoms with Gasteiger partial charge in [-0.15, -0.1) is 11.8 Å². The third-order valence-corrected chi connectivity index (χ3v) is 4.90. The third kappa shape index (κ3) is 3.46. The molecule has 0 spiro atoms. The van der Waals surface area contributed by atoms with Gasteiger partial charge in [0.25, 0.3) is 5.69 Å². The maximum atomic E-state index is 12.9. The zero-order chi connectivity index (χ0) is 18.2. The Morgan fingerprint density at radius 3 is 2.56 bits per heavy atom. The number of non-ortho nitro benzene ring substituents is 1. The predicted molar refractivity (Wildman–Crippen MR) is 87.2 cm³/mol. The number of carbonyl (C=O) groups excluding carboxylic acids is 1. The van der Waals surface area contributed by atoms with Gasteiger partial charge in [0.15, 0.2) is 0 Å². The minimum atomic E-state index is -4.52. The summed E-state index contributed by atoms with van der Waals surface area (Å²) in [6.07, 6.45) is -4.52. The van der Waals surface area contributed by atoms with E-state index in [9.17, 15) is 28.1 Å². The molecule has 5 nitrogen and oxygen atoms in total. The fourth-order valence-corrected chi connectivity index (χ4v) is 3.74. The van der Waals surface area contributed by atoms with Gasteiger partial charge in [-0.3, -0.25) is 19.8 Å². The minimum absolute atomic E-state index is 0.0869. The molecule has 1 unspecified atom stereocenters. The fraction of sp³-hybridized carbons (Fsp3) is 0.188. The first-order valence-corrected chi connectivity index (χ1v) is 8.17. The molecule has 25 heavy (non-hydrogen) atoms. The van der Waals surface area contributed by atoms with Gasteiger partial charge in [0, 0.05) is 17.8 Å². The van der Waals surface area contributed by atoms with Gasteiger partial charge in [0.05, 0.1) is 16.2 Å². The van der Waals surface area contributed by atoms with Gasteiger partial charge in [-0.25, -0.2) is 0 Å². The van der Waals surface area contributed by atoms with E-state index in [0.717, 1.165) is 12.1 Å². The number of halogens is 3. The van der Waals surface area contributed by atoms with Crippen molar-refractivity contribution < 1.29 is 22.9 Å². The number of nitro benzene ring substituents is 1. The third-order valence-electron chi connectivity index (χ3n) is 3.69. The number of thioether (sulfide) groups is 1. The number of hydrogen-bond donors (Lipinski definition) is 0. The van der Waals surface area contributed by atoms with Gasteiger partial charge >= 0.3 is 6.18 Å². The lowest BCUT2D eigenvalue weighted by atomic mass is 10.1. The summed E-state index contributed by atoms with van der Waals surface area (Å²) in [7, 11) is 0. The molecule has 1 saturated heterocycles. The summed E-state index contributed by atoms with van der Waals surface area (Å²) < 4.78 is 38.8. The lowest BCUT2D eigenvalue weighted by Gasteiger charge is -2.25. The summed E-state index contributed by atoms with van der Waals surface area (Å²) >= 11 is 1.21. The number of benzene rings is 2. The standard InChI is InChI=1S/C16H11F3N2O3S/c17-16(18,19)11-4-2-5-12(8-11)20-14(22)9-25-15(20)10-3-1-6-13(7-10)21(23)24/h1-8,15H,9H2. The molecule has 1 aliphatic heterocycles. The summed E-state index contributed by atoms with van der Waals surface area (Å²) in [6.45, 7) is 0. The zero-order valence-corrected chi connectivity index (χ0v) is 13.4. The highest BCUT2D eigenvalue weighted by atomic mass is 32.2. The van der Waals surface area contributed by atoms with Crippen LogP contribution < -0.4 is 4.90 Å². The molecule has 0 N–H and O–H groups in total. The van der Waals surface area contributed by atoms with Crippen LogP contribution in [0.2, 0.25) is 0 Å². The molecule has 2 aromatic carbocycles. The van der Waals surface area contributed by atoms with Crippen molar-refractivity contribution in [1.29, 1.82) is 0 Å². The van der Waals surface area contributed by atoms with E-state index in [2.05, 4.69) is 0 Å². The first-order valence-electron chi connectivity index (χ1n) is 7.12. The Morgan fingerprint density at radius 1 is 1.16 bits per heavy atom. The van der Waals surface area contributed by atoms with Crippen LogP contribution in [0.25, 0.3) is 0 Å². The lowest BCUT2D eigenvalue weighted by molar-refractivity contribution is -0.384. The van der Waals surface area contributed by atoms with Crippen molar-refractivity contribution in [2.75, 3.05) is 10.7 Å². The Morgan fingerprint density at radius 2 is 1.88 bits per heavy atom. The number of anilines is 1. The summed E-state index contributed by atoms with van der Waals surface area (Å²) in [5, 5.41) is 10.3. The van der Waals surface area contributed by atoms with Crippen molar-refractivity contribution in [1.82, 2.24) is 0 Å². The van der Waals surface area contributed by atoms with Crippen LogP contribution in [0.4, 0.5) is 24.5 Å². The second kappa shape index (κ2) is 6.40. The summed E-state index contributed by atoms with van der Waals surface area (Å²) in [5.74, 6) is -0.260. The Labute approximate surface area is 144 Å². The highest BCUT2D eigenvalue weighted by molar-refractivity contribution is 8.00. The topological polar surface area (TPSA) is 63.4 Å². The van der Waals surface area contributed by atoms with Gasteiger partial charge in [-0.1, -0.05) is 18.2 Å². The van der Waals surface area contributed by atoms with E-state index in [0.29, 0.717) is 5.56 Å². The Bertz CT molecular complexity index is 841. The molecule has 130 valence electrons. The molecule has 1 fully saturated rings. The first kappa shape index (κ1) is 17.3. The Hall–Kier alpha value is -2.55. The van der Waals surface area contributed by atoms with Crippen molar-refractivity contribution in [3.8, 4) is 0 Å². The van der Waals surface area contributed by atoms with Gasteiger partial charge in [-0.2, -0.15) is 13.2 Å². The Kier molecular flexibility index (Phi) is 4.42.